The van der Waals surface area contributed by atoms with Gasteiger partial charge in [0.05, 0.1) is 10.7 Å². The quantitative estimate of drug-likeness (QED) is 0.799. The summed E-state index contributed by atoms with van der Waals surface area (Å²) in [5.41, 5.74) is 1.58. The fourth-order valence-electron chi connectivity index (χ4n) is 1.47. The molecule has 1 N–H and O–H groups in total. The predicted molar refractivity (Wildman–Crippen MR) is 67.6 cm³/mol. The van der Waals surface area contributed by atoms with Gasteiger partial charge < -0.3 is 5.32 Å². The van der Waals surface area contributed by atoms with Gasteiger partial charge in [0.2, 0.25) is 0 Å². The summed E-state index contributed by atoms with van der Waals surface area (Å²) >= 11 is 1.82. The van der Waals surface area contributed by atoms with Gasteiger partial charge in [-0.2, -0.15) is 0 Å². The second kappa shape index (κ2) is 5.08. The maximum absolute atomic E-state index is 4.43. The molecule has 2 nitrogen and oxygen atoms in total. The van der Waals surface area contributed by atoms with Gasteiger partial charge in [0.25, 0.3) is 0 Å². The largest absolute Gasteiger partial charge is 0.316 e. The molecule has 3 heteroatoms. The van der Waals surface area contributed by atoms with Crippen LogP contribution in [0.15, 0.2) is 0 Å². The lowest BCUT2D eigenvalue weighted by molar-refractivity contribution is 0.382. The molecular formula is C12H22N2S. The molecule has 1 aromatic rings. The topological polar surface area (TPSA) is 24.9 Å². The lowest BCUT2D eigenvalue weighted by Gasteiger charge is -2.18. The molecule has 1 aromatic heterocycles. The fraction of sp³-hybridized carbons (Fsp3) is 0.750. The van der Waals surface area contributed by atoms with E-state index < -0.39 is 0 Å². The summed E-state index contributed by atoms with van der Waals surface area (Å²) in [4.78, 5) is 5.85. The summed E-state index contributed by atoms with van der Waals surface area (Å²) in [5.74, 6) is 0. The van der Waals surface area contributed by atoms with E-state index in [-0.39, 0.29) is 0 Å². The van der Waals surface area contributed by atoms with Gasteiger partial charge >= 0.3 is 0 Å². The van der Waals surface area contributed by atoms with Crippen LogP contribution in [-0.4, -0.2) is 18.1 Å². The minimum Gasteiger partial charge on any atom is -0.316 e. The Balaban J connectivity index is 2.29. The van der Waals surface area contributed by atoms with E-state index in [1.807, 2.05) is 11.3 Å². The van der Waals surface area contributed by atoms with E-state index in [0.717, 1.165) is 19.5 Å². The van der Waals surface area contributed by atoms with Gasteiger partial charge in [-0.15, -0.1) is 11.3 Å². The molecule has 0 saturated heterocycles. The van der Waals surface area contributed by atoms with E-state index in [1.54, 1.807) is 0 Å². The lowest BCUT2D eigenvalue weighted by Crippen LogP contribution is -2.28. The van der Waals surface area contributed by atoms with Crippen molar-refractivity contribution in [1.82, 2.24) is 10.3 Å². The van der Waals surface area contributed by atoms with Gasteiger partial charge in [0, 0.05) is 18.0 Å². The highest BCUT2D eigenvalue weighted by molar-refractivity contribution is 7.11. The van der Waals surface area contributed by atoms with Crippen LogP contribution in [0, 0.1) is 19.3 Å². The molecule has 86 valence electrons. The standard InChI is InChI=1S/C12H22N2S/c1-9-11(15-10(2)14-9)6-7-13-8-12(3,4)5/h13H,6-8H2,1-5H3. The van der Waals surface area contributed by atoms with E-state index in [1.165, 1.54) is 15.6 Å². The molecule has 1 rings (SSSR count). The second-order valence-corrected chi connectivity index (χ2v) is 6.52. The molecule has 0 radical (unpaired) electrons. The molecule has 0 bridgehead atoms. The molecule has 15 heavy (non-hydrogen) atoms. The zero-order valence-electron chi connectivity index (χ0n) is 10.5. The van der Waals surface area contributed by atoms with E-state index in [4.69, 9.17) is 0 Å². The van der Waals surface area contributed by atoms with Crippen molar-refractivity contribution in [3.8, 4) is 0 Å². The smallest absolute Gasteiger partial charge is 0.0900 e. The van der Waals surface area contributed by atoms with Crippen molar-refractivity contribution in [2.75, 3.05) is 13.1 Å². The van der Waals surface area contributed by atoms with E-state index in [2.05, 4.69) is 44.9 Å². The molecule has 0 aliphatic heterocycles. The van der Waals surface area contributed by atoms with Crippen LogP contribution in [0.3, 0.4) is 0 Å². The van der Waals surface area contributed by atoms with Gasteiger partial charge in [0.15, 0.2) is 0 Å². The minimum absolute atomic E-state index is 0.374. The maximum Gasteiger partial charge on any atom is 0.0900 e. The Bertz CT molecular complexity index is 310. The third kappa shape index (κ3) is 4.76. The Morgan fingerprint density at radius 2 is 1.93 bits per heavy atom. The Morgan fingerprint density at radius 1 is 1.27 bits per heavy atom. The third-order valence-electron chi connectivity index (χ3n) is 2.18. The maximum atomic E-state index is 4.43. The van der Waals surface area contributed by atoms with E-state index >= 15 is 0 Å². The van der Waals surface area contributed by atoms with Gasteiger partial charge in [-0.25, -0.2) is 4.98 Å². The Kier molecular flexibility index (Phi) is 4.29. The van der Waals surface area contributed by atoms with Crippen molar-refractivity contribution < 1.29 is 0 Å². The summed E-state index contributed by atoms with van der Waals surface area (Å²) in [6.07, 6.45) is 1.10. The van der Waals surface area contributed by atoms with Crippen molar-refractivity contribution in [3.63, 3.8) is 0 Å². The lowest BCUT2D eigenvalue weighted by atomic mass is 9.97. The highest BCUT2D eigenvalue weighted by Crippen LogP contribution is 2.17. The average Bonchev–Trinajstić information content (AvgIpc) is 2.37. The monoisotopic (exact) mass is 226 g/mol. The Labute approximate surface area is 97.1 Å². The number of aromatic nitrogens is 1. The van der Waals surface area contributed by atoms with Crippen LogP contribution in [0.5, 0.6) is 0 Å². The highest BCUT2D eigenvalue weighted by atomic mass is 32.1. The van der Waals surface area contributed by atoms with Gasteiger partial charge in [-0.3, -0.25) is 0 Å². The SMILES string of the molecule is Cc1nc(C)c(CCNCC(C)(C)C)s1. The van der Waals surface area contributed by atoms with Crippen LogP contribution in [0.4, 0.5) is 0 Å². The Morgan fingerprint density at radius 3 is 2.40 bits per heavy atom. The van der Waals surface area contributed by atoms with Crippen LogP contribution >= 0.6 is 11.3 Å². The molecule has 0 aliphatic carbocycles. The third-order valence-corrected chi connectivity index (χ3v) is 3.32. The summed E-state index contributed by atoms with van der Waals surface area (Å²) in [7, 11) is 0. The first kappa shape index (κ1) is 12.7. The first-order valence-corrected chi connectivity index (χ1v) is 6.34. The molecule has 0 atom stereocenters. The van der Waals surface area contributed by atoms with Crippen LogP contribution in [0.25, 0.3) is 0 Å². The van der Waals surface area contributed by atoms with Gasteiger partial charge in [0.1, 0.15) is 0 Å². The summed E-state index contributed by atoms with van der Waals surface area (Å²) in [6.45, 7) is 13.1. The van der Waals surface area contributed by atoms with Crippen LogP contribution < -0.4 is 5.32 Å². The van der Waals surface area contributed by atoms with Crippen molar-refractivity contribution in [2.45, 2.75) is 41.0 Å². The average molecular weight is 226 g/mol. The van der Waals surface area contributed by atoms with Gasteiger partial charge in [-0.1, -0.05) is 20.8 Å². The number of hydrogen-bond donors (Lipinski definition) is 1. The predicted octanol–water partition coefficient (Wildman–Crippen LogP) is 2.94. The molecular weight excluding hydrogens is 204 g/mol. The Hall–Kier alpha value is -0.410. The number of aryl methyl sites for hydroxylation is 2. The molecule has 0 spiro atoms. The molecule has 0 aliphatic rings. The number of nitrogens with one attached hydrogen (secondary N) is 1. The van der Waals surface area contributed by atoms with Crippen molar-refractivity contribution in [3.05, 3.63) is 15.6 Å². The molecule has 0 unspecified atom stereocenters. The highest BCUT2D eigenvalue weighted by Gasteiger charge is 2.09. The number of hydrogen-bond acceptors (Lipinski definition) is 3. The molecule has 0 fully saturated rings. The first-order valence-electron chi connectivity index (χ1n) is 5.52. The zero-order chi connectivity index (χ0) is 11.5. The van der Waals surface area contributed by atoms with Crippen molar-refractivity contribution in [1.29, 1.82) is 0 Å². The van der Waals surface area contributed by atoms with E-state index in [0.29, 0.717) is 5.41 Å². The number of thiazole rings is 1. The first-order chi connectivity index (χ1) is 6.88. The summed E-state index contributed by atoms with van der Waals surface area (Å²) in [5, 5.41) is 4.67. The normalized spacial score (nSPS) is 12.1. The molecule has 1 heterocycles. The van der Waals surface area contributed by atoms with Crippen molar-refractivity contribution in [2.24, 2.45) is 5.41 Å². The zero-order valence-corrected chi connectivity index (χ0v) is 11.3. The van der Waals surface area contributed by atoms with Gasteiger partial charge in [-0.05, 0) is 25.7 Å². The van der Waals surface area contributed by atoms with Crippen LogP contribution in [0.1, 0.15) is 36.3 Å². The van der Waals surface area contributed by atoms with E-state index in [9.17, 15) is 0 Å². The number of rotatable bonds is 4. The fourth-order valence-corrected chi connectivity index (χ4v) is 2.41. The van der Waals surface area contributed by atoms with Crippen LogP contribution in [0.2, 0.25) is 0 Å². The molecule has 0 amide bonds. The number of nitrogens with zero attached hydrogens (tertiary/aromatic N) is 1. The second-order valence-electron chi connectivity index (χ2n) is 5.23. The molecule has 0 saturated carbocycles. The van der Waals surface area contributed by atoms with Crippen molar-refractivity contribution >= 4 is 11.3 Å². The minimum atomic E-state index is 0.374. The van der Waals surface area contributed by atoms with Crippen LogP contribution in [-0.2, 0) is 6.42 Å². The molecule has 0 aromatic carbocycles. The summed E-state index contributed by atoms with van der Waals surface area (Å²) in [6, 6.07) is 0. The summed E-state index contributed by atoms with van der Waals surface area (Å²) < 4.78 is 0.